The second kappa shape index (κ2) is 7.34. The lowest BCUT2D eigenvalue weighted by Crippen LogP contribution is -2.18. The predicted octanol–water partition coefficient (Wildman–Crippen LogP) is 4.94. The quantitative estimate of drug-likeness (QED) is 0.378. The zero-order valence-corrected chi connectivity index (χ0v) is 15.5. The van der Waals surface area contributed by atoms with Crippen LogP contribution in [0.3, 0.4) is 0 Å². The highest BCUT2D eigenvalue weighted by molar-refractivity contribution is 6.33. The Morgan fingerprint density at radius 3 is 2.68 bits per heavy atom. The molecule has 0 aliphatic heterocycles. The number of nitrogens with one attached hydrogen (secondary N) is 1. The van der Waals surface area contributed by atoms with Crippen molar-refractivity contribution in [2.75, 3.05) is 7.11 Å². The molecule has 28 heavy (non-hydrogen) atoms. The number of aromatic nitrogens is 1. The first-order chi connectivity index (χ1) is 13.6. The van der Waals surface area contributed by atoms with Crippen LogP contribution in [0.25, 0.3) is 33.7 Å². The molecule has 0 bridgehead atoms. The zero-order chi connectivity index (χ0) is 19.7. The Bertz CT molecular complexity index is 1190. The largest absolute Gasteiger partial charge is 0.496 e. The summed E-state index contributed by atoms with van der Waals surface area (Å²) in [5, 5.41) is 9.30. The molecule has 1 aromatic heterocycles. The van der Waals surface area contributed by atoms with Crippen molar-refractivity contribution in [2.45, 2.75) is 0 Å². The van der Waals surface area contributed by atoms with Crippen LogP contribution in [0.5, 0.6) is 5.75 Å². The molecule has 0 aliphatic rings. The number of nitrogens with zero attached hydrogens (tertiary/aromatic N) is 1. The van der Waals surface area contributed by atoms with Gasteiger partial charge in [0.2, 0.25) is 5.89 Å². The molecule has 0 saturated carbocycles. The van der Waals surface area contributed by atoms with Crippen LogP contribution < -0.4 is 10.2 Å². The van der Waals surface area contributed by atoms with E-state index in [1.165, 1.54) is 0 Å². The van der Waals surface area contributed by atoms with Gasteiger partial charge in [-0.25, -0.2) is 10.5 Å². The molecular weight excluding hydrogens is 380 g/mol. The first-order valence-electron chi connectivity index (χ1n) is 8.39. The van der Waals surface area contributed by atoms with E-state index < -0.39 is 5.91 Å². The Morgan fingerprint density at radius 1 is 1.11 bits per heavy atom. The predicted molar refractivity (Wildman–Crippen MR) is 106 cm³/mol. The van der Waals surface area contributed by atoms with Crippen molar-refractivity contribution in [3.05, 3.63) is 71.2 Å². The molecule has 1 heterocycles. The molecule has 6 nitrogen and oxygen atoms in total. The third-order valence-electron chi connectivity index (χ3n) is 4.36. The van der Waals surface area contributed by atoms with Gasteiger partial charge in [-0.3, -0.25) is 10.0 Å². The summed E-state index contributed by atoms with van der Waals surface area (Å²) < 4.78 is 11.2. The fraction of sp³-hybridized carbons (Fsp3) is 0.0476. The van der Waals surface area contributed by atoms with Crippen molar-refractivity contribution < 1.29 is 19.2 Å². The van der Waals surface area contributed by atoms with Crippen molar-refractivity contribution in [2.24, 2.45) is 0 Å². The van der Waals surface area contributed by atoms with Gasteiger partial charge < -0.3 is 9.15 Å². The lowest BCUT2D eigenvalue weighted by molar-refractivity contribution is 0.0706. The summed E-state index contributed by atoms with van der Waals surface area (Å²) in [5.41, 5.74) is 5.32. The third-order valence-corrected chi connectivity index (χ3v) is 4.68. The number of hydrogen-bond donors (Lipinski definition) is 2. The fourth-order valence-corrected chi connectivity index (χ4v) is 3.27. The number of methoxy groups -OCH3 is 1. The summed E-state index contributed by atoms with van der Waals surface area (Å²) in [7, 11) is 1.62. The molecule has 4 aromatic rings. The van der Waals surface area contributed by atoms with Crippen molar-refractivity contribution >= 4 is 28.6 Å². The molecule has 0 atom stereocenters. The van der Waals surface area contributed by atoms with E-state index in [0.717, 1.165) is 16.9 Å². The van der Waals surface area contributed by atoms with E-state index in [2.05, 4.69) is 4.98 Å². The van der Waals surface area contributed by atoms with Gasteiger partial charge in [-0.05, 0) is 36.4 Å². The number of hydroxylamine groups is 1. The monoisotopic (exact) mass is 394 g/mol. The number of fused-ring (bicyclic) bond motifs is 1. The fourth-order valence-electron chi connectivity index (χ4n) is 2.99. The maximum atomic E-state index is 11.6. The molecule has 0 aliphatic carbocycles. The van der Waals surface area contributed by atoms with Crippen LogP contribution in [0.2, 0.25) is 5.02 Å². The van der Waals surface area contributed by atoms with E-state index in [0.29, 0.717) is 27.6 Å². The molecule has 1 amide bonds. The topological polar surface area (TPSA) is 84.6 Å². The summed E-state index contributed by atoms with van der Waals surface area (Å²) in [5.74, 6) is 0.495. The zero-order valence-electron chi connectivity index (χ0n) is 14.8. The summed E-state index contributed by atoms with van der Waals surface area (Å²) in [6, 6.07) is 17.9. The number of rotatable bonds is 4. The summed E-state index contributed by atoms with van der Waals surface area (Å²) in [6.07, 6.45) is 0. The minimum atomic E-state index is -0.615. The summed E-state index contributed by atoms with van der Waals surface area (Å²) in [6.45, 7) is 0. The highest BCUT2D eigenvalue weighted by Crippen LogP contribution is 2.37. The van der Waals surface area contributed by atoms with E-state index >= 15 is 0 Å². The van der Waals surface area contributed by atoms with Crippen molar-refractivity contribution in [1.29, 1.82) is 0 Å². The van der Waals surface area contributed by atoms with Crippen LogP contribution in [-0.4, -0.2) is 23.2 Å². The first kappa shape index (κ1) is 18.0. The number of carbonyl (C=O) groups is 1. The molecule has 0 fully saturated rings. The van der Waals surface area contributed by atoms with E-state index in [9.17, 15) is 4.79 Å². The Morgan fingerprint density at radius 2 is 1.93 bits per heavy atom. The first-order valence-corrected chi connectivity index (χ1v) is 8.77. The van der Waals surface area contributed by atoms with E-state index in [1.807, 2.05) is 36.4 Å². The second-order valence-corrected chi connectivity index (χ2v) is 6.44. The number of carbonyl (C=O) groups excluding carboxylic acids is 1. The number of para-hydroxylation sites is 1. The minimum absolute atomic E-state index is 0.277. The van der Waals surface area contributed by atoms with E-state index in [4.69, 9.17) is 26.0 Å². The molecule has 0 spiro atoms. The maximum Gasteiger partial charge on any atom is 0.274 e. The summed E-state index contributed by atoms with van der Waals surface area (Å²) >= 11 is 6.52. The average molecular weight is 395 g/mol. The Balaban J connectivity index is 1.74. The number of amides is 1. The minimum Gasteiger partial charge on any atom is -0.496 e. The Labute approximate surface area is 165 Å². The highest BCUT2D eigenvalue weighted by atomic mass is 35.5. The van der Waals surface area contributed by atoms with Gasteiger partial charge in [-0.2, -0.15) is 0 Å². The van der Waals surface area contributed by atoms with Crippen LogP contribution in [0.4, 0.5) is 0 Å². The summed E-state index contributed by atoms with van der Waals surface area (Å²) in [4.78, 5) is 16.0. The molecule has 0 saturated heterocycles. The van der Waals surface area contributed by atoms with Gasteiger partial charge in [0.05, 0.1) is 7.11 Å². The van der Waals surface area contributed by atoms with Crippen LogP contribution in [0.1, 0.15) is 10.4 Å². The van der Waals surface area contributed by atoms with E-state index in [-0.39, 0.29) is 5.56 Å². The van der Waals surface area contributed by atoms with Gasteiger partial charge >= 0.3 is 0 Å². The number of oxazole rings is 1. The van der Waals surface area contributed by atoms with Crippen molar-refractivity contribution in [3.63, 3.8) is 0 Å². The molecule has 3 aromatic carbocycles. The van der Waals surface area contributed by atoms with Gasteiger partial charge in [-0.1, -0.05) is 35.9 Å². The van der Waals surface area contributed by atoms with Gasteiger partial charge in [0.15, 0.2) is 5.58 Å². The maximum absolute atomic E-state index is 11.6. The van der Waals surface area contributed by atoms with Crippen LogP contribution in [0, 0.1) is 0 Å². The number of halogens is 1. The molecule has 7 heteroatoms. The lowest BCUT2D eigenvalue weighted by atomic mass is 10.0. The number of benzene rings is 3. The smallest absolute Gasteiger partial charge is 0.274 e. The molecule has 0 unspecified atom stereocenters. The van der Waals surface area contributed by atoms with Gasteiger partial charge in [0.1, 0.15) is 11.3 Å². The van der Waals surface area contributed by atoms with Gasteiger partial charge in [0.25, 0.3) is 5.91 Å². The lowest BCUT2D eigenvalue weighted by Gasteiger charge is -2.10. The average Bonchev–Trinajstić information content (AvgIpc) is 3.16. The van der Waals surface area contributed by atoms with Crippen LogP contribution in [-0.2, 0) is 0 Å². The third kappa shape index (κ3) is 3.19. The molecule has 0 radical (unpaired) electrons. The normalized spacial score (nSPS) is 10.8. The Kier molecular flexibility index (Phi) is 4.73. The molecular formula is C21H15ClN2O4. The SMILES string of the molecule is COc1ccccc1-c1ccc(-c2nc3cc(C(=O)NO)ccc3o2)cc1Cl. The van der Waals surface area contributed by atoms with Crippen LogP contribution >= 0.6 is 11.6 Å². The standard InChI is InChI=1S/C21H15ClN2O4/c1-27-18-5-3-2-4-15(18)14-8-6-13(10-16(14)22)21-23-17-11-12(20(25)24-26)7-9-19(17)28-21/h2-11,26H,1H3,(H,24,25). The second-order valence-electron chi connectivity index (χ2n) is 6.04. The molecule has 140 valence electrons. The van der Waals surface area contributed by atoms with Crippen molar-refractivity contribution in [3.8, 4) is 28.3 Å². The van der Waals surface area contributed by atoms with Gasteiger partial charge in [-0.15, -0.1) is 0 Å². The number of ether oxygens (including phenoxy) is 1. The molecule has 2 N–H and O–H groups in total. The Hall–Kier alpha value is -3.35. The highest BCUT2D eigenvalue weighted by Gasteiger charge is 2.14. The van der Waals surface area contributed by atoms with Gasteiger partial charge in [0, 0.05) is 27.3 Å². The van der Waals surface area contributed by atoms with Crippen molar-refractivity contribution in [1.82, 2.24) is 10.5 Å². The van der Waals surface area contributed by atoms with Crippen LogP contribution in [0.15, 0.2) is 65.1 Å². The molecule has 4 rings (SSSR count). The number of hydrogen-bond acceptors (Lipinski definition) is 5. The van der Waals surface area contributed by atoms with E-state index in [1.54, 1.807) is 36.9 Å².